The minimum absolute atomic E-state index is 0.314. The second-order valence-electron chi connectivity index (χ2n) is 5.35. The molecule has 0 spiro atoms. The molecule has 1 amide bonds. The molecule has 3 rings (SSSR count). The average molecular weight is 394 g/mol. The van der Waals surface area contributed by atoms with Crippen molar-refractivity contribution in [2.24, 2.45) is 0 Å². The Kier molecular flexibility index (Phi) is 5.27. The van der Waals surface area contributed by atoms with Gasteiger partial charge in [-0.05, 0) is 42.5 Å². The zero-order valence-corrected chi connectivity index (χ0v) is 14.3. The standard InChI is InChI=1S/C18H11ClF3N3O2/c19-16-6-1-11(7-15(16)12-8-23-10-24-9-12)17(26)25-13-2-4-14(5-3-13)27-18(20,21)22/h1-10H,(H,25,26). The van der Waals surface area contributed by atoms with Gasteiger partial charge in [-0.2, -0.15) is 0 Å². The molecule has 138 valence electrons. The van der Waals surface area contributed by atoms with Gasteiger partial charge < -0.3 is 10.1 Å². The van der Waals surface area contributed by atoms with Gasteiger partial charge in [0, 0.05) is 39.8 Å². The lowest BCUT2D eigenvalue weighted by molar-refractivity contribution is -0.274. The van der Waals surface area contributed by atoms with Gasteiger partial charge in [0.05, 0.1) is 0 Å². The van der Waals surface area contributed by atoms with E-state index >= 15 is 0 Å². The number of anilines is 1. The number of nitrogens with one attached hydrogen (secondary N) is 1. The molecular formula is C18H11ClF3N3O2. The normalized spacial score (nSPS) is 11.1. The summed E-state index contributed by atoms with van der Waals surface area (Å²) in [6.07, 6.45) is -0.268. The number of hydrogen-bond donors (Lipinski definition) is 1. The van der Waals surface area contributed by atoms with Gasteiger partial charge in [0.25, 0.3) is 5.91 Å². The number of carbonyl (C=O) groups is 1. The molecule has 1 heterocycles. The summed E-state index contributed by atoms with van der Waals surface area (Å²) in [4.78, 5) is 20.3. The van der Waals surface area contributed by atoms with Gasteiger partial charge in [-0.15, -0.1) is 13.2 Å². The van der Waals surface area contributed by atoms with Gasteiger partial charge in [-0.1, -0.05) is 11.6 Å². The Morgan fingerprint density at radius 3 is 2.33 bits per heavy atom. The third kappa shape index (κ3) is 4.95. The second-order valence-corrected chi connectivity index (χ2v) is 5.76. The van der Waals surface area contributed by atoms with E-state index in [4.69, 9.17) is 11.6 Å². The van der Waals surface area contributed by atoms with Crippen LogP contribution in [0.15, 0.2) is 61.2 Å². The maximum absolute atomic E-state index is 12.4. The largest absolute Gasteiger partial charge is 0.573 e. The minimum atomic E-state index is -4.77. The smallest absolute Gasteiger partial charge is 0.406 e. The van der Waals surface area contributed by atoms with E-state index in [0.29, 0.717) is 27.4 Å². The van der Waals surface area contributed by atoms with Crippen molar-refractivity contribution in [3.8, 4) is 16.9 Å². The van der Waals surface area contributed by atoms with E-state index in [-0.39, 0.29) is 5.75 Å². The second kappa shape index (κ2) is 7.63. The van der Waals surface area contributed by atoms with Crippen LogP contribution in [0.4, 0.5) is 18.9 Å². The van der Waals surface area contributed by atoms with Crippen molar-refractivity contribution < 1.29 is 22.7 Å². The van der Waals surface area contributed by atoms with E-state index in [9.17, 15) is 18.0 Å². The van der Waals surface area contributed by atoms with Crippen molar-refractivity contribution in [1.29, 1.82) is 0 Å². The molecule has 3 aromatic rings. The van der Waals surface area contributed by atoms with Crippen molar-refractivity contribution in [3.63, 3.8) is 0 Å². The summed E-state index contributed by atoms with van der Waals surface area (Å²) < 4.78 is 40.3. The Labute approximate surface area is 156 Å². The van der Waals surface area contributed by atoms with Crippen LogP contribution in [-0.2, 0) is 0 Å². The molecular weight excluding hydrogens is 383 g/mol. The number of aromatic nitrogens is 2. The molecule has 1 N–H and O–H groups in total. The molecule has 0 saturated carbocycles. The molecule has 0 aliphatic rings. The lowest BCUT2D eigenvalue weighted by Gasteiger charge is -2.11. The summed E-state index contributed by atoms with van der Waals surface area (Å²) in [5.74, 6) is -0.826. The number of ether oxygens (including phenoxy) is 1. The van der Waals surface area contributed by atoms with Crippen molar-refractivity contribution in [2.75, 3.05) is 5.32 Å². The maximum atomic E-state index is 12.4. The molecule has 2 aromatic carbocycles. The van der Waals surface area contributed by atoms with E-state index < -0.39 is 12.3 Å². The highest BCUT2D eigenvalue weighted by Crippen LogP contribution is 2.28. The van der Waals surface area contributed by atoms with Crippen LogP contribution in [0, 0.1) is 0 Å². The average Bonchev–Trinajstić information content (AvgIpc) is 2.63. The predicted molar refractivity (Wildman–Crippen MR) is 93.6 cm³/mol. The van der Waals surface area contributed by atoms with Crippen LogP contribution in [-0.4, -0.2) is 22.2 Å². The molecule has 0 saturated heterocycles. The molecule has 0 bridgehead atoms. The molecule has 0 fully saturated rings. The number of benzene rings is 2. The molecule has 1 aromatic heterocycles. The lowest BCUT2D eigenvalue weighted by Crippen LogP contribution is -2.17. The summed E-state index contributed by atoms with van der Waals surface area (Å²) in [5.41, 5.74) is 1.85. The fraction of sp³-hybridized carbons (Fsp3) is 0.0556. The van der Waals surface area contributed by atoms with Crippen LogP contribution in [0.5, 0.6) is 5.75 Å². The van der Waals surface area contributed by atoms with Gasteiger partial charge in [-0.25, -0.2) is 9.97 Å². The molecule has 0 aliphatic carbocycles. The summed E-state index contributed by atoms with van der Waals surface area (Å²) in [6.45, 7) is 0. The van der Waals surface area contributed by atoms with Crippen LogP contribution < -0.4 is 10.1 Å². The van der Waals surface area contributed by atoms with Crippen molar-refractivity contribution in [3.05, 3.63) is 71.8 Å². The van der Waals surface area contributed by atoms with Crippen LogP contribution in [0.3, 0.4) is 0 Å². The predicted octanol–water partition coefficient (Wildman–Crippen LogP) is 4.95. The van der Waals surface area contributed by atoms with Crippen molar-refractivity contribution in [1.82, 2.24) is 9.97 Å². The molecule has 9 heteroatoms. The van der Waals surface area contributed by atoms with Gasteiger partial charge in [0.15, 0.2) is 0 Å². The van der Waals surface area contributed by atoms with E-state index in [2.05, 4.69) is 20.0 Å². The SMILES string of the molecule is O=C(Nc1ccc(OC(F)(F)F)cc1)c1ccc(Cl)c(-c2cncnc2)c1. The molecule has 0 unspecified atom stereocenters. The number of alkyl halides is 3. The number of halogens is 4. The number of hydrogen-bond acceptors (Lipinski definition) is 4. The van der Waals surface area contributed by atoms with E-state index in [0.717, 1.165) is 12.1 Å². The highest BCUT2D eigenvalue weighted by Gasteiger charge is 2.30. The van der Waals surface area contributed by atoms with Gasteiger partial charge in [0.2, 0.25) is 0 Å². The van der Waals surface area contributed by atoms with Crippen LogP contribution in [0.25, 0.3) is 11.1 Å². The van der Waals surface area contributed by atoms with Crippen LogP contribution in [0.2, 0.25) is 5.02 Å². The maximum Gasteiger partial charge on any atom is 0.573 e. The summed E-state index contributed by atoms with van der Waals surface area (Å²) in [6, 6.07) is 9.51. The van der Waals surface area contributed by atoms with Gasteiger partial charge >= 0.3 is 6.36 Å². The summed E-state index contributed by atoms with van der Waals surface area (Å²) >= 11 is 6.17. The Hall–Kier alpha value is -3.13. The van der Waals surface area contributed by atoms with Crippen LogP contribution >= 0.6 is 11.6 Å². The van der Waals surface area contributed by atoms with Crippen LogP contribution in [0.1, 0.15) is 10.4 Å². The monoisotopic (exact) mass is 393 g/mol. The molecule has 0 aliphatic heterocycles. The molecule has 27 heavy (non-hydrogen) atoms. The number of rotatable bonds is 4. The van der Waals surface area contributed by atoms with Crippen molar-refractivity contribution in [2.45, 2.75) is 6.36 Å². The Morgan fingerprint density at radius 1 is 1.04 bits per heavy atom. The zero-order chi connectivity index (χ0) is 19.4. The Morgan fingerprint density at radius 2 is 1.70 bits per heavy atom. The summed E-state index contributed by atoms with van der Waals surface area (Å²) in [5, 5.41) is 3.02. The first kappa shape index (κ1) is 18.7. The quantitative estimate of drug-likeness (QED) is 0.681. The van der Waals surface area contributed by atoms with E-state index in [1.807, 2.05) is 0 Å². The third-order valence-electron chi connectivity index (χ3n) is 3.45. The number of carbonyl (C=O) groups excluding carboxylic acids is 1. The third-order valence-corrected chi connectivity index (χ3v) is 3.78. The lowest BCUT2D eigenvalue weighted by atomic mass is 10.1. The highest BCUT2D eigenvalue weighted by molar-refractivity contribution is 6.33. The first-order chi connectivity index (χ1) is 12.8. The van der Waals surface area contributed by atoms with Gasteiger partial charge in [-0.3, -0.25) is 4.79 Å². The minimum Gasteiger partial charge on any atom is -0.406 e. The fourth-order valence-corrected chi connectivity index (χ4v) is 2.50. The Bertz CT molecular complexity index is 948. The van der Waals surface area contributed by atoms with Gasteiger partial charge in [0.1, 0.15) is 12.1 Å². The topological polar surface area (TPSA) is 64.1 Å². The zero-order valence-electron chi connectivity index (χ0n) is 13.5. The van der Waals surface area contributed by atoms with E-state index in [1.165, 1.54) is 24.5 Å². The summed E-state index contributed by atoms with van der Waals surface area (Å²) in [7, 11) is 0. The van der Waals surface area contributed by atoms with Crippen molar-refractivity contribution >= 4 is 23.2 Å². The van der Waals surface area contributed by atoms with E-state index in [1.54, 1.807) is 24.5 Å². The first-order valence-corrected chi connectivity index (χ1v) is 7.92. The number of amides is 1. The molecule has 0 atom stereocenters. The Balaban J connectivity index is 1.77. The number of nitrogens with zero attached hydrogens (tertiary/aromatic N) is 2. The highest BCUT2D eigenvalue weighted by atomic mass is 35.5. The first-order valence-electron chi connectivity index (χ1n) is 7.54. The fourth-order valence-electron chi connectivity index (χ4n) is 2.27. The molecule has 5 nitrogen and oxygen atoms in total. The molecule has 0 radical (unpaired) electrons.